The molecule has 1 aromatic carbocycles. The van der Waals surface area contributed by atoms with Crippen molar-refractivity contribution in [1.29, 1.82) is 0 Å². The summed E-state index contributed by atoms with van der Waals surface area (Å²) in [6.07, 6.45) is 2.58. The van der Waals surface area contributed by atoms with Crippen LogP contribution >= 0.6 is 23.2 Å². The van der Waals surface area contributed by atoms with Crippen LogP contribution in [0, 0.1) is 0 Å². The van der Waals surface area contributed by atoms with Crippen molar-refractivity contribution in [3.8, 4) is 0 Å². The highest BCUT2D eigenvalue weighted by Gasteiger charge is 2.13. The van der Waals surface area contributed by atoms with Crippen LogP contribution in [0.15, 0.2) is 12.1 Å². The molecule has 2 rings (SSSR count). The van der Waals surface area contributed by atoms with Crippen molar-refractivity contribution in [2.24, 2.45) is 0 Å². The Balaban J connectivity index is 2.14. The maximum Gasteiger partial charge on any atom is 0.0693 e. The van der Waals surface area contributed by atoms with Crippen molar-refractivity contribution in [2.45, 2.75) is 19.4 Å². The van der Waals surface area contributed by atoms with E-state index in [2.05, 4.69) is 4.90 Å². The van der Waals surface area contributed by atoms with Gasteiger partial charge in [0.25, 0.3) is 0 Å². The fraction of sp³-hybridized carbons (Fsp3) is 0.455. The molecule has 0 amide bonds. The summed E-state index contributed by atoms with van der Waals surface area (Å²) in [4.78, 5) is 2.40. The van der Waals surface area contributed by atoms with Crippen LogP contribution in [0.5, 0.6) is 0 Å². The fourth-order valence-corrected chi connectivity index (χ4v) is 2.46. The predicted molar refractivity (Wildman–Crippen MR) is 65.4 cm³/mol. The molecule has 1 saturated heterocycles. The van der Waals surface area contributed by atoms with Crippen molar-refractivity contribution < 1.29 is 0 Å². The molecule has 0 aromatic heterocycles. The Morgan fingerprint density at radius 2 is 1.67 bits per heavy atom. The molecule has 1 aliphatic rings. The third-order valence-corrected chi connectivity index (χ3v) is 3.37. The summed E-state index contributed by atoms with van der Waals surface area (Å²) in [6, 6.07) is 3.81. The van der Waals surface area contributed by atoms with Gasteiger partial charge in [-0.25, -0.2) is 0 Å². The molecule has 0 saturated carbocycles. The van der Waals surface area contributed by atoms with E-state index in [0.717, 1.165) is 12.1 Å². The van der Waals surface area contributed by atoms with Gasteiger partial charge in [-0.1, -0.05) is 23.2 Å². The summed E-state index contributed by atoms with van der Waals surface area (Å²) in [5.41, 5.74) is 7.30. The van der Waals surface area contributed by atoms with Crippen LogP contribution in [0.25, 0.3) is 0 Å². The van der Waals surface area contributed by atoms with Gasteiger partial charge in [-0.05, 0) is 43.6 Å². The van der Waals surface area contributed by atoms with Gasteiger partial charge in [0.05, 0.1) is 15.7 Å². The van der Waals surface area contributed by atoms with E-state index >= 15 is 0 Å². The summed E-state index contributed by atoms with van der Waals surface area (Å²) >= 11 is 12.0. The molecule has 1 aliphatic heterocycles. The Labute approximate surface area is 100.0 Å². The number of nitrogens with zero attached hydrogens (tertiary/aromatic N) is 1. The van der Waals surface area contributed by atoms with E-state index in [4.69, 9.17) is 28.9 Å². The molecule has 0 bridgehead atoms. The molecule has 0 radical (unpaired) electrons. The summed E-state index contributed by atoms with van der Waals surface area (Å²) in [6.45, 7) is 3.25. The highest BCUT2D eigenvalue weighted by atomic mass is 35.5. The molecular weight excluding hydrogens is 231 g/mol. The number of rotatable bonds is 2. The lowest BCUT2D eigenvalue weighted by Gasteiger charge is -2.15. The average Bonchev–Trinajstić information content (AvgIpc) is 2.66. The van der Waals surface area contributed by atoms with Gasteiger partial charge < -0.3 is 5.73 Å². The van der Waals surface area contributed by atoms with E-state index in [1.165, 1.54) is 25.9 Å². The van der Waals surface area contributed by atoms with E-state index in [9.17, 15) is 0 Å². The second-order valence-corrected chi connectivity index (χ2v) is 4.77. The van der Waals surface area contributed by atoms with Crippen molar-refractivity contribution in [1.82, 2.24) is 4.90 Å². The number of halogens is 2. The minimum absolute atomic E-state index is 0.475. The zero-order chi connectivity index (χ0) is 10.8. The largest absolute Gasteiger partial charge is 0.396 e. The van der Waals surface area contributed by atoms with Crippen molar-refractivity contribution >= 4 is 28.9 Å². The number of anilines is 1. The number of nitrogen functional groups attached to an aromatic ring is 1. The molecule has 15 heavy (non-hydrogen) atoms. The maximum absolute atomic E-state index is 5.98. The van der Waals surface area contributed by atoms with Gasteiger partial charge in [-0.3, -0.25) is 4.90 Å². The van der Waals surface area contributed by atoms with E-state index in [-0.39, 0.29) is 0 Å². The lowest BCUT2D eigenvalue weighted by molar-refractivity contribution is 0.331. The van der Waals surface area contributed by atoms with Crippen LogP contribution < -0.4 is 5.73 Å². The second kappa shape index (κ2) is 4.60. The van der Waals surface area contributed by atoms with Gasteiger partial charge >= 0.3 is 0 Å². The molecule has 1 fully saturated rings. The summed E-state index contributed by atoms with van der Waals surface area (Å²) < 4.78 is 0. The zero-order valence-electron chi connectivity index (χ0n) is 8.47. The minimum Gasteiger partial charge on any atom is -0.396 e. The minimum atomic E-state index is 0.475. The van der Waals surface area contributed by atoms with Gasteiger partial charge in [-0.15, -0.1) is 0 Å². The van der Waals surface area contributed by atoms with Crippen LogP contribution in [-0.2, 0) is 6.54 Å². The van der Waals surface area contributed by atoms with Crippen molar-refractivity contribution in [3.63, 3.8) is 0 Å². The normalized spacial score (nSPS) is 17.2. The van der Waals surface area contributed by atoms with Gasteiger partial charge in [0.1, 0.15) is 0 Å². The lowest BCUT2D eigenvalue weighted by Crippen LogP contribution is -2.18. The average molecular weight is 245 g/mol. The first-order valence-corrected chi connectivity index (χ1v) is 5.88. The quantitative estimate of drug-likeness (QED) is 0.811. The van der Waals surface area contributed by atoms with Crippen LogP contribution in [0.4, 0.5) is 5.69 Å². The standard InChI is InChI=1S/C11H14Cl2N2/c12-9-5-8(6-10(13)11(9)14)7-15-3-1-2-4-15/h5-6H,1-4,7,14H2. The molecule has 0 atom stereocenters. The van der Waals surface area contributed by atoms with Crippen LogP contribution in [0.2, 0.25) is 10.0 Å². The topological polar surface area (TPSA) is 29.3 Å². The van der Waals surface area contributed by atoms with Gasteiger partial charge in [-0.2, -0.15) is 0 Å². The first-order chi connectivity index (χ1) is 7.16. The van der Waals surface area contributed by atoms with E-state index in [1.54, 1.807) is 0 Å². The number of benzene rings is 1. The van der Waals surface area contributed by atoms with Gasteiger partial charge in [0.15, 0.2) is 0 Å². The Kier molecular flexibility index (Phi) is 3.39. The molecule has 2 N–H and O–H groups in total. The zero-order valence-corrected chi connectivity index (χ0v) is 9.98. The molecular formula is C11H14Cl2N2. The fourth-order valence-electron chi connectivity index (χ4n) is 1.93. The van der Waals surface area contributed by atoms with E-state index < -0.39 is 0 Å². The molecule has 2 nitrogen and oxygen atoms in total. The van der Waals surface area contributed by atoms with E-state index in [0.29, 0.717) is 15.7 Å². The maximum atomic E-state index is 5.98. The molecule has 4 heteroatoms. The molecule has 82 valence electrons. The first-order valence-electron chi connectivity index (χ1n) is 5.12. The molecule has 0 unspecified atom stereocenters. The molecule has 0 spiro atoms. The number of likely N-dealkylation sites (tertiary alicyclic amines) is 1. The van der Waals surface area contributed by atoms with Gasteiger partial charge in [0, 0.05) is 6.54 Å². The summed E-state index contributed by atoms with van der Waals surface area (Å²) in [5.74, 6) is 0. The van der Waals surface area contributed by atoms with Gasteiger partial charge in [0.2, 0.25) is 0 Å². The van der Waals surface area contributed by atoms with Crippen LogP contribution in [0.1, 0.15) is 18.4 Å². The van der Waals surface area contributed by atoms with Crippen LogP contribution in [0.3, 0.4) is 0 Å². The predicted octanol–water partition coefficient (Wildman–Crippen LogP) is 3.17. The third-order valence-electron chi connectivity index (χ3n) is 2.74. The third kappa shape index (κ3) is 2.57. The number of hydrogen-bond donors (Lipinski definition) is 1. The molecule has 1 aromatic rings. The Bertz CT molecular complexity index is 337. The monoisotopic (exact) mass is 244 g/mol. The highest BCUT2D eigenvalue weighted by Crippen LogP contribution is 2.29. The van der Waals surface area contributed by atoms with Crippen LogP contribution in [-0.4, -0.2) is 18.0 Å². The lowest BCUT2D eigenvalue weighted by atomic mass is 10.2. The van der Waals surface area contributed by atoms with Crippen molar-refractivity contribution in [2.75, 3.05) is 18.8 Å². The Morgan fingerprint density at radius 1 is 1.13 bits per heavy atom. The Hall–Kier alpha value is -0.440. The Morgan fingerprint density at radius 3 is 2.20 bits per heavy atom. The number of nitrogens with two attached hydrogens (primary N) is 1. The second-order valence-electron chi connectivity index (χ2n) is 3.96. The highest BCUT2D eigenvalue weighted by molar-refractivity contribution is 6.38. The first kappa shape index (κ1) is 11.1. The molecule has 0 aliphatic carbocycles. The van der Waals surface area contributed by atoms with Crippen molar-refractivity contribution in [3.05, 3.63) is 27.7 Å². The van der Waals surface area contributed by atoms with E-state index in [1.807, 2.05) is 12.1 Å². The molecule has 1 heterocycles. The SMILES string of the molecule is Nc1c(Cl)cc(CN2CCCC2)cc1Cl. The number of hydrogen-bond acceptors (Lipinski definition) is 2. The summed E-state index contributed by atoms with van der Waals surface area (Å²) in [5, 5.41) is 1.10. The summed E-state index contributed by atoms with van der Waals surface area (Å²) in [7, 11) is 0. The smallest absolute Gasteiger partial charge is 0.0693 e.